The second-order valence-corrected chi connectivity index (χ2v) is 12.4. The van der Waals surface area contributed by atoms with Gasteiger partial charge in [-0.1, -0.05) is 18.0 Å². The number of hydrogen-bond donors (Lipinski definition) is 1. The lowest BCUT2D eigenvalue weighted by Crippen LogP contribution is -2.40. The Bertz CT molecular complexity index is 1430. The Balaban J connectivity index is 1.17. The number of rotatable bonds is 9. The molecular weight excluding hydrogens is 546 g/mol. The van der Waals surface area contributed by atoms with Crippen molar-refractivity contribution < 1.29 is 27.2 Å². The number of likely N-dealkylation sites (tertiary alicyclic amines) is 1. The highest BCUT2D eigenvalue weighted by Crippen LogP contribution is 2.31. The minimum absolute atomic E-state index is 0.0885. The summed E-state index contributed by atoms with van der Waals surface area (Å²) in [6.07, 6.45) is 5.52. The van der Waals surface area contributed by atoms with E-state index < -0.39 is 10.0 Å². The predicted molar refractivity (Wildman–Crippen MR) is 153 cm³/mol. The molecule has 2 aliphatic heterocycles. The van der Waals surface area contributed by atoms with Gasteiger partial charge in [0.05, 0.1) is 31.6 Å². The highest BCUT2D eigenvalue weighted by Gasteiger charge is 2.28. The number of methoxy groups -OCH3 is 2. The van der Waals surface area contributed by atoms with E-state index in [1.807, 2.05) is 6.07 Å². The van der Waals surface area contributed by atoms with Gasteiger partial charge in [0.15, 0.2) is 11.5 Å². The van der Waals surface area contributed by atoms with Crippen LogP contribution in [-0.2, 0) is 21.4 Å². The molecule has 2 aliphatic rings. The number of hydrogen-bond acceptors (Lipinski definition) is 9. The summed E-state index contributed by atoms with van der Waals surface area (Å²) in [5, 5.41) is 7.08. The lowest BCUT2D eigenvalue weighted by molar-refractivity contribution is -0.121. The molecule has 2 saturated heterocycles. The second-order valence-electron chi connectivity index (χ2n) is 10.5. The van der Waals surface area contributed by atoms with Gasteiger partial charge in [-0.25, -0.2) is 8.42 Å². The van der Waals surface area contributed by atoms with Crippen LogP contribution in [0.3, 0.4) is 0 Å². The first-order chi connectivity index (χ1) is 19.9. The van der Waals surface area contributed by atoms with Gasteiger partial charge in [-0.15, -0.1) is 0 Å². The highest BCUT2D eigenvalue weighted by atomic mass is 32.2. The van der Waals surface area contributed by atoms with E-state index in [0.29, 0.717) is 55.1 Å². The molecule has 3 heterocycles. The summed E-state index contributed by atoms with van der Waals surface area (Å²) in [6.45, 7) is 2.93. The molecule has 5 rings (SSSR count). The summed E-state index contributed by atoms with van der Waals surface area (Å²) in [5.41, 5.74) is 1.33. The predicted octanol–water partition coefficient (Wildman–Crippen LogP) is 4.17. The molecule has 41 heavy (non-hydrogen) atoms. The van der Waals surface area contributed by atoms with Crippen molar-refractivity contribution in [2.45, 2.75) is 50.0 Å². The maximum absolute atomic E-state index is 13.1. The smallest absolute Gasteiger partial charge is 0.243 e. The minimum atomic E-state index is -3.53. The van der Waals surface area contributed by atoms with Crippen molar-refractivity contribution in [2.75, 3.05) is 45.7 Å². The second kappa shape index (κ2) is 13.0. The fraction of sp³-hybridized carbons (Fsp3) is 0.483. The number of aromatic nitrogens is 2. The maximum atomic E-state index is 13.1. The molecule has 0 saturated carbocycles. The molecular formula is C29H37N5O6S. The summed E-state index contributed by atoms with van der Waals surface area (Å²) in [7, 11) is -0.376. The van der Waals surface area contributed by atoms with Gasteiger partial charge in [0.1, 0.15) is 0 Å². The lowest BCUT2D eigenvalue weighted by Gasteiger charge is -2.30. The van der Waals surface area contributed by atoms with Crippen LogP contribution in [0.5, 0.6) is 11.5 Å². The Morgan fingerprint density at radius 3 is 2.41 bits per heavy atom. The van der Waals surface area contributed by atoms with Gasteiger partial charge in [0, 0.05) is 30.9 Å². The van der Waals surface area contributed by atoms with Crippen molar-refractivity contribution in [3.8, 4) is 22.9 Å². The standard InChI is InChI=1S/C29H37N5O6S/c1-38-25-14-9-21(18-26(25)39-2)28-31-27(40-32-28)20-33-15-7-8-22(19-33)29(35)30-23-10-12-24(13-11-23)41(36,37)34-16-5-3-4-6-17-34/h9-14,18,22H,3-8,15-17,19-20H2,1-2H3,(H,30,35). The molecule has 2 aromatic carbocycles. The molecule has 1 amide bonds. The molecule has 1 unspecified atom stereocenters. The van der Waals surface area contributed by atoms with E-state index in [1.165, 1.54) is 0 Å². The van der Waals surface area contributed by atoms with E-state index >= 15 is 0 Å². The number of benzene rings is 2. The Kier molecular flexibility index (Phi) is 9.21. The minimum Gasteiger partial charge on any atom is -0.493 e. The summed E-state index contributed by atoms with van der Waals surface area (Å²) in [6, 6.07) is 11.9. The molecule has 2 fully saturated rings. The van der Waals surface area contributed by atoms with E-state index in [-0.39, 0.29) is 16.7 Å². The van der Waals surface area contributed by atoms with E-state index in [4.69, 9.17) is 14.0 Å². The molecule has 1 atom stereocenters. The average molecular weight is 584 g/mol. The molecule has 0 aliphatic carbocycles. The van der Waals surface area contributed by atoms with Gasteiger partial charge < -0.3 is 19.3 Å². The zero-order valence-electron chi connectivity index (χ0n) is 23.5. The van der Waals surface area contributed by atoms with Gasteiger partial charge in [-0.2, -0.15) is 9.29 Å². The number of piperidine rings is 1. The Morgan fingerprint density at radius 2 is 1.71 bits per heavy atom. The van der Waals surface area contributed by atoms with Crippen molar-refractivity contribution in [3.63, 3.8) is 0 Å². The quantitative estimate of drug-likeness (QED) is 0.395. The third-order valence-electron chi connectivity index (χ3n) is 7.67. The summed E-state index contributed by atoms with van der Waals surface area (Å²) in [4.78, 5) is 20.0. The third-order valence-corrected chi connectivity index (χ3v) is 9.58. The molecule has 1 N–H and O–H groups in total. The van der Waals surface area contributed by atoms with Crippen LogP contribution in [0.4, 0.5) is 5.69 Å². The number of nitrogens with zero attached hydrogens (tertiary/aromatic N) is 4. The Labute approximate surface area is 240 Å². The summed E-state index contributed by atoms with van der Waals surface area (Å²) >= 11 is 0. The first kappa shape index (κ1) is 29.0. The molecule has 11 nitrogen and oxygen atoms in total. The van der Waals surface area contributed by atoms with Gasteiger partial charge >= 0.3 is 0 Å². The number of carbonyl (C=O) groups excluding carboxylic acids is 1. The van der Waals surface area contributed by atoms with E-state index in [0.717, 1.165) is 50.6 Å². The molecule has 3 aromatic rings. The normalized spacial score (nSPS) is 18.9. The highest BCUT2D eigenvalue weighted by molar-refractivity contribution is 7.89. The molecule has 220 valence electrons. The van der Waals surface area contributed by atoms with Gasteiger partial charge in [0.25, 0.3) is 0 Å². The van der Waals surface area contributed by atoms with Gasteiger partial charge in [-0.05, 0) is 74.7 Å². The summed E-state index contributed by atoms with van der Waals surface area (Å²) in [5.74, 6) is 1.82. The Hall–Kier alpha value is -3.48. The number of ether oxygens (including phenoxy) is 2. The third kappa shape index (κ3) is 6.88. The molecule has 0 bridgehead atoms. The number of nitrogens with one attached hydrogen (secondary N) is 1. The lowest BCUT2D eigenvalue weighted by atomic mass is 9.97. The average Bonchev–Trinajstić information content (AvgIpc) is 3.27. The first-order valence-corrected chi connectivity index (χ1v) is 15.5. The van der Waals surface area contributed by atoms with Crippen LogP contribution in [0.15, 0.2) is 51.9 Å². The summed E-state index contributed by atoms with van der Waals surface area (Å²) < 4.78 is 43.8. The van der Waals surface area contributed by atoms with Crippen LogP contribution in [0.1, 0.15) is 44.4 Å². The SMILES string of the molecule is COc1ccc(-c2noc(CN3CCCC(C(=O)Nc4ccc(S(=O)(=O)N5CCCCCC5)cc4)C3)n2)cc1OC. The van der Waals surface area contributed by atoms with Crippen molar-refractivity contribution in [1.82, 2.24) is 19.3 Å². The first-order valence-electron chi connectivity index (χ1n) is 14.1. The number of anilines is 1. The number of sulfonamides is 1. The molecule has 1 aromatic heterocycles. The van der Waals surface area contributed by atoms with Gasteiger partial charge in [-0.3, -0.25) is 9.69 Å². The van der Waals surface area contributed by atoms with Crippen LogP contribution in [-0.4, -0.2) is 74.1 Å². The fourth-order valence-electron chi connectivity index (χ4n) is 5.40. The van der Waals surface area contributed by atoms with Crippen LogP contribution < -0.4 is 14.8 Å². The van der Waals surface area contributed by atoms with Crippen molar-refractivity contribution in [1.29, 1.82) is 0 Å². The topological polar surface area (TPSA) is 127 Å². The van der Waals surface area contributed by atoms with E-state index in [9.17, 15) is 13.2 Å². The van der Waals surface area contributed by atoms with Crippen molar-refractivity contribution >= 4 is 21.6 Å². The van der Waals surface area contributed by atoms with Crippen LogP contribution >= 0.6 is 0 Å². The van der Waals surface area contributed by atoms with Crippen LogP contribution in [0.25, 0.3) is 11.4 Å². The monoisotopic (exact) mass is 583 g/mol. The zero-order chi connectivity index (χ0) is 28.8. The van der Waals surface area contributed by atoms with Crippen molar-refractivity contribution in [2.24, 2.45) is 5.92 Å². The Morgan fingerprint density at radius 1 is 0.976 bits per heavy atom. The largest absolute Gasteiger partial charge is 0.493 e. The zero-order valence-corrected chi connectivity index (χ0v) is 24.4. The maximum Gasteiger partial charge on any atom is 0.243 e. The fourth-order valence-corrected chi connectivity index (χ4v) is 6.92. The van der Waals surface area contributed by atoms with Crippen molar-refractivity contribution in [3.05, 3.63) is 48.4 Å². The van der Waals surface area contributed by atoms with E-state index in [2.05, 4.69) is 20.4 Å². The number of amides is 1. The van der Waals surface area contributed by atoms with Crippen LogP contribution in [0, 0.1) is 5.92 Å². The van der Waals surface area contributed by atoms with Crippen LogP contribution in [0.2, 0.25) is 0 Å². The molecule has 12 heteroatoms. The van der Waals surface area contributed by atoms with Gasteiger partial charge in [0.2, 0.25) is 27.6 Å². The molecule has 0 radical (unpaired) electrons. The molecule has 0 spiro atoms. The van der Waals surface area contributed by atoms with E-state index in [1.54, 1.807) is 54.9 Å². The number of carbonyl (C=O) groups is 1.